The number of benzene rings is 1. The Hall–Kier alpha value is -1.59. The number of nitrogens with one attached hydrogen (secondary N) is 2. The van der Waals surface area contributed by atoms with Gasteiger partial charge < -0.3 is 20.5 Å². The molecular formula is C16H26N2O3. The highest BCUT2D eigenvalue weighted by Gasteiger charge is 2.14. The van der Waals surface area contributed by atoms with Crippen molar-refractivity contribution in [3.63, 3.8) is 0 Å². The second-order valence-electron chi connectivity index (χ2n) is 5.14. The first-order chi connectivity index (χ1) is 10.1. The molecule has 5 heteroatoms. The highest BCUT2D eigenvalue weighted by molar-refractivity contribution is 5.92. The Balaban J connectivity index is 2.49. The van der Waals surface area contributed by atoms with Gasteiger partial charge in [0.05, 0.1) is 12.8 Å². The third kappa shape index (κ3) is 6.14. The molecule has 1 aromatic rings. The minimum absolute atomic E-state index is 0.0520. The molecule has 118 valence electrons. The molecule has 1 aromatic carbocycles. The topological polar surface area (TPSA) is 70.6 Å². The fraction of sp³-hybridized carbons (Fsp3) is 0.562. The van der Waals surface area contributed by atoms with Crippen molar-refractivity contribution < 1.29 is 14.6 Å². The SMILES string of the molecule is CCC(CCO)NC(C)CC(=O)Nc1ccccc1OC. The maximum atomic E-state index is 12.1. The van der Waals surface area contributed by atoms with Crippen LogP contribution in [-0.4, -0.2) is 36.8 Å². The molecule has 1 amide bonds. The molecule has 0 saturated carbocycles. The second-order valence-corrected chi connectivity index (χ2v) is 5.14. The van der Waals surface area contributed by atoms with Gasteiger partial charge in [0.2, 0.25) is 5.91 Å². The number of para-hydroxylation sites is 2. The first-order valence-corrected chi connectivity index (χ1v) is 7.40. The summed E-state index contributed by atoms with van der Waals surface area (Å²) in [6, 6.07) is 7.63. The van der Waals surface area contributed by atoms with E-state index in [1.165, 1.54) is 0 Å². The van der Waals surface area contributed by atoms with E-state index in [2.05, 4.69) is 17.6 Å². The lowest BCUT2D eigenvalue weighted by atomic mass is 10.1. The van der Waals surface area contributed by atoms with E-state index < -0.39 is 0 Å². The van der Waals surface area contributed by atoms with Crippen molar-refractivity contribution in [3.8, 4) is 5.75 Å². The summed E-state index contributed by atoms with van der Waals surface area (Å²) in [5.74, 6) is 0.594. The van der Waals surface area contributed by atoms with Gasteiger partial charge in [-0.3, -0.25) is 4.79 Å². The lowest BCUT2D eigenvalue weighted by molar-refractivity contribution is -0.116. The summed E-state index contributed by atoms with van der Waals surface area (Å²) in [6.07, 6.45) is 2.01. The summed E-state index contributed by atoms with van der Waals surface area (Å²) in [7, 11) is 1.58. The molecule has 2 atom stereocenters. The van der Waals surface area contributed by atoms with Crippen LogP contribution in [-0.2, 0) is 4.79 Å². The van der Waals surface area contributed by atoms with Crippen LogP contribution >= 0.6 is 0 Å². The molecule has 0 heterocycles. The molecule has 0 aliphatic heterocycles. The van der Waals surface area contributed by atoms with Gasteiger partial charge in [0, 0.05) is 25.1 Å². The smallest absolute Gasteiger partial charge is 0.226 e. The Bertz CT molecular complexity index is 437. The average Bonchev–Trinajstić information content (AvgIpc) is 2.47. The minimum Gasteiger partial charge on any atom is -0.495 e. The number of amides is 1. The number of carbonyl (C=O) groups excluding carboxylic acids is 1. The molecule has 0 saturated heterocycles. The van der Waals surface area contributed by atoms with E-state index in [0.29, 0.717) is 24.3 Å². The molecule has 1 rings (SSSR count). The number of hydrogen-bond acceptors (Lipinski definition) is 4. The number of anilines is 1. The Morgan fingerprint density at radius 1 is 1.38 bits per heavy atom. The van der Waals surface area contributed by atoms with Crippen LogP contribution < -0.4 is 15.4 Å². The molecule has 21 heavy (non-hydrogen) atoms. The molecule has 0 bridgehead atoms. The van der Waals surface area contributed by atoms with Crippen molar-refractivity contribution in [1.82, 2.24) is 5.32 Å². The fourth-order valence-electron chi connectivity index (χ4n) is 2.25. The Labute approximate surface area is 126 Å². The lowest BCUT2D eigenvalue weighted by Gasteiger charge is -2.21. The number of hydrogen-bond donors (Lipinski definition) is 3. The normalized spacial score (nSPS) is 13.5. The predicted molar refractivity (Wildman–Crippen MR) is 84.6 cm³/mol. The van der Waals surface area contributed by atoms with Crippen LogP contribution in [0.15, 0.2) is 24.3 Å². The number of methoxy groups -OCH3 is 1. The molecule has 0 aliphatic rings. The molecule has 3 N–H and O–H groups in total. The fourth-order valence-corrected chi connectivity index (χ4v) is 2.25. The quantitative estimate of drug-likeness (QED) is 0.653. The summed E-state index contributed by atoms with van der Waals surface area (Å²) in [5, 5.41) is 15.2. The summed E-state index contributed by atoms with van der Waals surface area (Å²) in [4.78, 5) is 12.1. The largest absolute Gasteiger partial charge is 0.495 e. The van der Waals surface area contributed by atoms with E-state index >= 15 is 0 Å². The van der Waals surface area contributed by atoms with Gasteiger partial charge >= 0.3 is 0 Å². The van der Waals surface area contributed by atoms with Crippen LogP contribution in [0.2, 0.25) is 0 Å². The van der Waals surface area contributed by atoms with Gasteiger partial charge in [-0.25, -0.2) is 0 Å². The summed E-state index contributed by atoms with van der Waals surface area (Å²) in [5.41, 5.74) is 0.680. The Kier molecular flexibility index (Phi) is 7.79. The molecule has 2 unspecified atom stereocenters. The van der Waals surface area contributed by atoms with Crippen LogP contribution in [0.1, 0.15) is 33.1 Å². The number of rotatable bonds is 9. The van der Waals surface area contributed by atoms with Gasteiger partial charge in [-0.05, 0) is 31.9 Å². The Morgan fingerprint density at radius 3 is 2.71 bits per heavy atom. The average molecular weight is 294 g/mol. The Morgan fingerprint density at radius 2 is 2.10 bits per heavy atom. The summed E-state index contributed by atoms with van der Waals surface area (Å²) >= 11 is 0. The molecule has 0 fully saturated rings. The lowest BCUT2D eigenvalue weighted by Crippen LogP contribution is -2.38. The zero-order chi connectivity index (χ0) is 15.7. The molecule has 0 radical (unpaired) electrons. The molecule has 5 nitrogen and oxygen atoms in total. The van der Waals surface area contributed by atoms with Crippen molar-refractivity contribution in [2.75, 3.05) is 19.0 Å². The number of aliphatic hydroxyl groups is 1. The third-order valence-corrected chi connectivity index (χ3v) is 3.36. The zero-order valence-corrected chi connectivity index (χ0v) is 13.1. The monoisotopic (exact) mass is 294 g/mol. The van der Waals surface area contributed by atoms with E-state index in [9.17, 15) is 4.79 Å². The first kappa shape index (κ1) is 17.5. The van der Waals surface area contributed by atoms with Crippen LogP contribution in [0, 0.1) is 0 Å². The van der Waals surface area contributed by atoms with E-state index in [1.54, 1.807) is 7.11 Å². The van der Waals surface area contributed by atoms with Crippen molar-refractivity contribution in [2.24, 2.45) is 0 Å². The van der Waals surface area contributed by atoms with Gasteiger partial charge in [0.25, 0.3) is 0 Å². The van der Waals surface area contributed by atoms with Crippen LogP contribution in [0.5, 0.6) is 5.75 Å². The highest BCUT2D eigenvalue weighted by atomic mass is 16.5. The summed E-state index contributed by atoms with van der Waals surface area (Å²) < 4.78 is 5.21. The van der Waals surface area contributed by atoms with Gasteiger partial charge in [-0.1, -0.05) is 19.1 Å². The van der Waals surface area contributed by atoms with E-state index in [-0.39, 0.29) is 24.6 Å². The number of ether oxygens (including phenoxy) is 1. The molecular weight excluding hydrogens is 268 g/mol. The highest BCUT2D eigenvalue weighted by Crippen LogP contribution is 2.23. The maximum absolute atomic E-state index is 12.1. The minimum atomic E-state index is -0.0571. The van der Waals surface area contributed by atoms with Crippen molar-refractivity contribution in [3.05, 3.63) is 24.3 Å². The van der Waals surface area contributed by atoms with Gasteiger partial charge in [-0.15, -0.1) is 0 Å². The van der Waals surface area contributed by atoms with Crippen molar-refractivity contribution in [1.29, 1.82) is 0 Å². The van der Waals surface area contributed by atoms with E-state index in [0.717, 1.165) is 6.42 Å². The third-order valence-electron chi connectivity index (χ3n) is 3.36. The van der Waals surface area contributed by atoms with Gasteiger partial charge in [0.15, 0.2) is 0 Å². The van der Waals surface area contributed by atoms with Gasteiger partial charge in [0.1, 0.15) is 5.75 Å². The molecule has 0 aliphatic carbocycles. The standard InChI is InChI=1S/C16H26N2O3/c1-4-13(9-10-19)17-12(2)11-16(20)18-14-7-5-6-8-15(14)21-3/h5-8,12-13,17,19H,4,9-11H2,1-3H3,(H,18,20). The molecule has 0 spiro atoms. The van der Waals surface area contributed by atoms with Crippen LogP contribution in [0.4, 0.5) is 5.69 Å². The predicted octanol–water partition coefficient (Wildman–Crippen LogP) is 2.16. The maximum Gasteiger partial charge on any atom is 0.226 e. The van der Waals surface area contributed by atoms with Gasteiger partial charge in [-0.2, -0.15) is 0 Å². The second kappa shape index (κ2) is 9.37. The van der Waals surface area contributed by atoms with E-state index in [4.69, 9.17) is 9.84 Å². The van der Waals surface area contributed by atoms with Crippen molar-refractivity contribution in [2.45, 2.75) is 45.2 Å². The zero-order valence-electron chi connectivity index (χ0n) is 13.1. The van der Waals surface area contributed by atoms with Crippen LogP contribution in [0.25, 0.3) is 0 Å². The molecule has 0 aromatic heterocycles. The number of aliphatic hydroxyl groups excluding tert-OH is 1. The summed E-state index contributed by atoms with van der Waals surface area (Å²) in [6.45, 7) is 4.20. The van der Waals surface area contributed by atoms with Crippen molar-refractivity contribution >= 4 is 11.6 Å². The van der Waals surface area contributed by atoms with E-state index in [1.807, 2.05) is 31.2 Å². The first-order valence-electron chi connectivity index (χ1n) is 7.40. The van der Waals surface area contributed by atoms with Crippen LogP contribution in [0.3, 0.4) is 0 Å². The number of carbonyl (C=O) groups is 1.